The molecule has 0 radical (unpaired) electrons. The fourth-order valence-corrected chi connectivity index (χ4v) is 4.49. The molecule has 3 nitrogen and oxygen atoms in total. The van der Waals surface area contributed by atoms with Gasteiger partial charge < -0.3 is 10.6 Å². The first-order chi connectivity index (χ1) is 9.24. The first-order valence-electron chi connectivity index (χ1n) is 8.27. The fourth-order valence-electron chi connectivity index (χ4n) is 4.49. The van der Waals surface area contributed by atoms with E-state index in [1.165, 1.54) is 44.9 Å². The van der Waals surface area contributed by atoms with Crippen LogP contribution in [0.25, 0.3) is 0 Å². The van der Waals surface area contributed by atoms with Crippen LogP contribution < -0.4 is 5.73 Å². The Hall–Kier alpha value is -0.280. The second kappa shape index (κ2) is 7.13. The molecule has 2 N–H and O–H groups in total. The Labute approximate surface area is 129 Å². The SMILES string of the molecule is Cl.NC1CCCC2CN(C(=O)CC3CCCCC3)CC12. The molecule has 3 fully saturated rings. The number of nitrogens with zero attached hydrogens (tertiary/aromatic N) is 1. The van der Waals surface area contributed by atoms with Gasteiger partial charge in [0.25, 0.3) is 0 Å². The molecule has 0 bridgehead atoms. The van der Waals surface area contributed by atoms with E-state index in [0.29, 0.717) is 29.7 Å². The molecule has 4 heteroatoms. The van der Waals surface area contributed by atoms with Crippen molar-refractivity contribution in [2.45, 2.75) is 63.8 Å². The standard InChI is InChI=1S/C16H28N2O.ClH/c17-15-8-4-7-13-10-18(11-14(13)15)16(19)9-12-5-2-1-3-6-12;/h12-15H,1-11,17H2;1H. The molecule has 0 aromatic rings. The first-order valence-corrected chi connectivity index (χ1v) is 8.27. The number of likely N-dealkylation sites (tertiary alicyclic amines) is 1. The van der Waals surface area contributed by atoms with Crippen molar-refractivity contribution >= 4 is 18.3 Å². The van der Waals surface area contributed by atoms with Gasteiger partial charge in [-0.1, -0.05) is 25.7 Å². The molecular formula is C16H29ClN2O. The molecule has 2 saturated carbocycles. The third kappa shape index (κ3) is 3.48. The Balaban J connectivity index is 0.00000147. The number of rotatable bonds is 2. The first kappa shape index (κ1) is 16.1. The van der Waals surface area contributed by atoms with Crippen LogP contribution in [-0.2, 0) is 4.79 Å². The van der Waals surface area contributed by atoms with Crippen LogP contribution in [0.2, 0.25) is 0 Å². The highest BCUT2D eigenvalue weighted by Crippen LogP contribution is 2.36. The summed E-state index contributed by atoms with van der Waals surface area (Å²) in [6.07, 6.45) is 11.1. The van der Waals surface area contributed by atoms with E-state index >= 15 is 0 Å². The van der Waals surface area contributed by atoms with E-state index in [1.54, 1.807) is 0 Å². The van der Waals surface area contributed by atoms with Crippen LogP contribution in [0, 0.1) is 17.8 Å². The van der Waals surface area contributed by atoms with E-state index < -0.39 is 0 Å². The lowest BCUT2D eigenvalue weighted by Gasteiger charge is -2.29. The number of amides is 1. The van der Waals surface area contributed by atoms with Crippen molar-refractivity contribution < 1.29 is 4.79 Å². The summed E-state index contributed by atoms with van der Waals surface area (Å²) in [5.74, 6) is 2.36. The van der Waals surface area contributed by atoms with Crippen molar-refractivity contribution in [3.8, 4) is 0 Å². The minimum Gasteiger partial charge on any atom is -0.342 e. The van der Waals surface area contributed by atoms with E-state index in [-0.39, 0.29) is 12.4 Å². The third-order valence-electron chi connectivity index (χ3n) is 5.69. The summed E-state index contributed by atoms with van der Waals surface area (Å²) < 4.78 is 0. The molecule has 116 valence electrons. The molecule has 0 spiro atoms. The van der Waals surface area contributed by atoms with Gasteiger partial charge in [0.15, 0.2) is 0 Å². The monoisotopic (exact) mass is 300 g/mol. The Morgan fingerprint density at radius 3 is 2.45 bits per heavy atom. The minimum atomic E-state index is 0. The van der Waals surface area contributed by atoms with Crippen molar-refractivity contribution in [2.75, 3.05) is 13.1 Å². The summed E-state index contributed by atoms with van der Waals surface area (Å²) in [6, 6.07) is 0.339. The average molecular weight is 301 g/mol. The maximum atomic E-state index is 12.4. The van der Waals surface area contributed by atoms with Crippen LogP contribution in [-0.4, -0.2) is 29.9 Å². The fraction of sp³-hybridized carbons (Fsp3) is 0.938. The Morgan fingerprint density at radius 1 is 1.00 bits per heavy atom. The van der Waals surface area contributed by atoms with Crippen LogP contribution >= 0.6 is 12.4 Å². The number of hydrogen-bond acceptors (Lipinski definition) is 2. The molecular weight excluding hydrogens is 272 g/mol. The highest BCUT2D eigenvalue weighted by Gasteiger charge is 2.40. The van der Waals surface area contributed by atoms with Gasteiger partial charge in [-0.2, -0.15) is 0 Å². The molecule has 3 unspecified atom stereocenters. The van der Waals surface area contributed by atoms with Gasteiger partial charge in [-0.05, 0) is 43.4 Å². The average Bonchev–Trinajstić information content (AvgIpc) is 2.85. The molecule has 2 aliphatic carbocycles. The molecule has 1 heterocycles. The van der Waals surface area contributed by atoms with Gasteiger partial charge in [-0.25, -0.2) is 0 Å². The number of fused-ring (bicyclic) bond motifs is 1. The summed E-state index contributed by atoms with van der Waals surface area (Å²) in [4.78, 5) is 14.6. The number of nitrogens with two attached hydrogens (primary N) is 1. The number of carbonyl (C=O) groups excluding carboxylic acids is 1. The summed E-state index contributed by atoms with van der Waals surface area (Å²) >= 11 is 0. The van der Waals surface area contributed by atoms with Gasteiger partial charge in [-0.15, -0.1) is 12.4 Å². The lowest BCUT2D eigenvalue weighted by Crippen LogP contribution is -2.38. The summed E-state index contributed by atoms with van der Waals surface area (Å²) in [5.41, 5.74) is 6.23. The molecule has 0 aromatic heterocycles. The number of halogens is 1. The molecule has 3 aliphatic rings. The summed E-state index contributed by atoms with van der Waals surface area (Å²) in [6.45, 7) is 1.93. The largest absolute Gasteiger partial charge is 0.342 e. The van der Waals surface area contributed by atoms with Gasteiger partial charge in [0, 0.05) is 25.6 Å². The summed E-state index contributed by atoms with van der Waals surface area (Å²) in [5, 5.41) is 0. The zero-order chi connectivity index (χ0) is 13.2. The topological polar surface area (TPSA) is 46.3 Å². The highest BCUT2D eigenvalue weighted by molar-refractivity contribution is 5.85. The maximum absolute atomic E-state index is 12.4. The van der Waals surface area contributed by atoms with Gasteiger partial charge in [0.1, 0.15) is 0 Å². The maximum Gasteiger partial charge on any atom is 0.222 e. The van der Waals surface area contributed by atoms with Crippen molar-refractivity contribution in [1.29, 1.82) is 0 Å². The molecule has 1 aliphatic heterocycles. The predicted molar refractivity (Wildman–Crippen MR) is 83.8 cm³/mol. The molecule has 20 heavy (non-hydrogen) atoms. The van der Waals surface area contributed by atoms with Gasteiger partial charge >= 0.3 is 0 Å². The zero-order valence-electron chi connectivity index (χ0n) is 12.4. The van der Waals surface area contributed by atoms with Crippen LogP contribution in [0.4, 0.5) is 0 Å². The smallest absolute Gasteiger partial charge is 0.222 e. The van der Waals surface area contributed by atoms with E-state index in [4.69, 9.17) is 5.73 Å². The highest BCUT2D eigenvalue weighted by atomic mass is 35.5. The number of carbonyl (C=O) groups is 1. The Bertz CT molecular complexity index is 330. The van der Waals surface area contributed by atoms with Gasteiger partial charge in [0.2, 0.25) is 5.91 Å². The molecule has 3 rings (SSSR count). The van der Waals surface area contributed by atoms with E-state index in [1.807, 2.05) is 0 Å². The Morgan fingerprint density at radius 2 is 1.75 bits per heavy atom. The van der Waals surface area contributed by atoms with Crippen molar-refractivity contribution in [1.82, 2.24) is 4.90 Å². The van der Waals surface area contributed by atoms with Gasteiger partial charge in [0.05, 0.1) is 0 Å². The normalized spacial score (nSPS) is 34.5. The van der Waals surface area contributed by atoms with Gasteiger partial charge in [-0.3, -0.25) is 4.79 Å². The van der Waals surface area contributed by atoms with Crippen LogP contribution in [0.5, 0.6) is 0 Å². The van der Waals surface area contributed by atoms with Crippen molar-refractivity contribution in [2.24, 2.45) is 23.5 Å². The molecule has 3 atom stereocenters. The summed E-state index contributed by atoms with van der Waals surface area (Å²) in [7, 11) is 0. The van der Waals surface area contributed by atoms with E-state index in [2.05, 4.69) is 4.90 Å². The zero-order valence-corrected chi connectivity index (χ0v) is 13.2. The van der Waals surface area contributed by atoms with Crippen LogP contribution in [0.15, 0.2) is 0 Å². The van der Waals surface area contributed by atoms with Crippen molar-refractivity contribution in [3.05, 3.63) is 0 Å². The Kier molecular flexibility index (Phi) is 5.74. The predicted octanol–water partition coefficient (Wildman–Crippen LogP) is 2.96. The van der Waals surface area contributed by atoms with E-state index in [0.717, 1.165) is 25.9 Å². The van der Waals surface area contributed by atoms with E-state index in [9.17, 15) is 4.79 Å². The van der Waals surface area contributed by atoms with Crippen molar-refractivity contribution in [3.63, 3.8) is 0 Å². The number of hydrogen-bond donors (Lipinski definition) is 1. The second-order valence-electron chi connectivity index (χ2n) is 7.03. The molecule has 1 saturated heterocycles. The van der Waals surface area contributed by atoms with Crippen LogP contribution in [0.1, 0.15) is 57.8 Å². The van der Waals surface area contributed by atoms with Crippen LogP contribution in [0.3, 0.4) is 0 Å². The lowest BCUT2D eigenvalue weighted by atomic mass is 9.78. The molecule has 0 aromatic carbocycles. The second-order valence-corrected chi connectivity index (χ2v) is 7.03. The minimum absolute atomic E-state index is 0. The third-order valence-corrected chi connectivity index (χ3v) is 5.69. The quantitative estimate of drug-likeness (QED) is 0.852. The lowest BCUT2D eigenvalue weighted by molar-refractivity contribution is -0.131. The molecule has 1 amide bonds.